The molecule has 0 aliphatic carbocycles. The number of para-hydroxylation sites is 2. The van der Waals surface area contributed by atoms with Gasteiger partial charge >= 0.3 is 5.97 Å². The van der Waals surface area contributed by atoms with Crippen molar-refractivity contribution in [1.82, 2.24) is 43.9 Å². The van der Waals surface area contributed by atoms with Crippen LogP contribution in [0.3, 0.4) is 0 Å². The number of halogens is 4. The average Bonchev–Trinajstić information content (AvgIpc) is 4.11. The van der Waals surface area contributed by atoms with Gasteiger partial charge in [0.05, 0.1) is 17.0 Å². The second kappa shape index (κ2) is 26.5. The van der Waals surface area contributed by atoms with Crippen LogP contribution in [0.4, 0.5) is 34.6 Å². The van der Waals surface area contributed by atoms with Crippen LogP contribution in [0.1, 0.15) is 72.4 Å². The Hall–Kier alpha value is -8.73. The molecule has 9 rings (SSSR count). The molecule has 5 aromatic heterocycles. The molecular formula is C59H60F4N12O5S. The number of carbonyl (C=O) groups is 2. The molecule has 4 aromatic carbocycles. The molecule has 0 atom stereocenters. The fraction of sp³-hybridized carbons (Fsp3) is 0.271. The van der Waals surface area contributed by atoms with Crippen molar-refractivity contribution in [1.29, 1.82) is 0 Å². The first kappa shape index (κ1) is 58.4. The van der Waals surface area contributed by atoms with E-state index >= 15 is 8.78 Å². The number of aromatic nitrogens is 7. The van der Waals surface area contributed by atoms with Crippen LogP contribution in [0.15, 0.2) is 118 Å². The number of hydrogen-bond donors (Lipinski definition) is 4. The predicted octanol–water partition coefficient (Wildman–Crippen LogP) is 10.8. The molecule has 9 aromatic rings. The van der Waals surface area contributed by atoms with Gasteiger partial charge in [-0.05, 0) is 126 Å². The summed E-state index contributed by atoms with van der Waals surface area (Å²) >= 11 is 1.30. The van der Waals surface area contributed by atoms with E-state index in [0.717, 1.165) is 85.5 Å². The van der Waals surface area contributed by atoms with E-state index in [1.165, 1.54) is 53.8 Å². The molecule has 0 aliphatic rings. The Morgan fingerprint density at radius 1 is 0.580 bits per heavy atom. The van der Waals surface area contributed by atoms with Crippen LogP contribution in [-0.4, -0.2) is 113 Å². The molecule has 22 heteroatoms. The lowest BCUT2D eigenvalue weighted by Crippen LogP contribution is -2.25. The molecular weight excluding hydrogens is 1060 g/mol. The highest BCUT2D eigenvalue weighted by molar-refractivity contribution is 7.13. The molecule has 420 valence electrons. The molecule has 5 heterocycles. The van der Waals surface area contributed by atoms with Gasteiger partial charge < -0.3 is 25.5 Å². The Balaban J connectivity index is 0.000000214. The van der Waals surface area contributed by atoms with Crippen molar-refractivity contribution < 1.29 is 32.3 Å². The zero-order chi connectivity index (χ0) is 57.9. The van der Waals surface area contributed by atoms with Gasteiger partial charge in [0.15, 0.2) is 16.4 Å². The fourth-order valence-corrected chi connectivity index (χ4v) is 9.96. The number of carbonyl (C=O) groups excluding carboxylic acids is 1. The van der Waals surface area contributed by atoms with Crippen LogP contribution in [0, 0.1) is 37.1 Å². The summed E-state index contributed by atoms with van der Waals surface area (Å²) < 4.78 is 61.5. The summed E-state index contributed by atoms with van der Waals surface area (Å²) in [5, 5.41) is 21.8. The number of thiazole rings is 1. The van der Waals surface area contributed by atoms with E-state index in [-0.39, 0.29) is 34.7 Å². The second-order valence-corrected chi connectivity index (χ2v) is 19.5. The van der Waals surface area contributed by atoms with Gasteiger partial charge in [0.2, 0.25) is 11.9 Å². The Morgan fingerprint density at radius 2 is 1.00 bits per heavy atom. The van der Waals surface area contributed by atoms with E-state index in [0.29, 0.717) is 68.2 Å². The van der Waals surface area contributed by atoms with Crippen molar-refractivity contribution in [2.45, 2.75) is 54.4 Å². The van der Waals surface area contributed by atoms with Crippen molar-refractivity contribution in [2.75, 3.05) is 68.3 Å². The minimum absolute atomic E-state index is 0.00197. The van der Waals surface area contributed by atoms with Gasteiger partial charge in [0, 0.05) is 64.3 Å². The van der Waals surface area contributed by atoms with Gasteiger partial charge in [-0.25, -0.2) is 37.3 Å². The lowest BCUT2D eigenvalue weighted by atomic mass is 9.97. The van der Waals surface area contributed by atoms with Crippen molar-refractivity contribution >= 4 is 62.3 Å². The summed E-state index contributed by atoms with van der Waals surface area (Å²) in [6.07, 6.45) is 3.19. The Labute approximate surface area is 468 Å². The molecule has 17 nitrogen and oxygen atoms in total. The molecule has 1 amide bonds. The Bertz CT molecular complexity index is 3830. The third kappa shape index (κ3) is 13.0. The number of pyridine rings is 2. The molecule has 81 heavy (non-hydrogen) atoms. The number of carboxylic acid groups (broad SMARTS) is 1. The van der Waals surface area contributed by atoms with E-state index in [4.69, 9.17) is 4.98 Å². The zero-order valence-electron chi connectivity index (χ0n) is 45.5. The minimum Gasteiger partial charge on any atom is -0.478 e. The van der Waals surface area contributed by atoms with Gasteiger partial charge in [-0.3, -0.25) is 28.8 Å². The highest BCUT2D eigenvalue weighted by Gasteiger charge is 2.24. The van der Waals surface area contributed by atoms with E-state index < -0.39 is 51.7 Å². The average molecular weight is 1130 g/mol. The number of amides is 1. The van der Waals surface area contributed by atoms with Crippen LogP contribution in [0.25, 0.3) is 56.0 Å². The third-order valence-electron chi connectivity index (χ3n) is 13.8. The number of aromatic carboxylic acids is 1. The van der Waals surface area contributed by atoms with Crippen LogP contribution >= 0.6 is 11.3 Å². The van der Waals surface area contributed by atoms with E-state index in [1.54, 1.807) is 55.8 Å². The molecule has 0 spiro atoms. The monoisotopic (exact) mass is 1120 g/mol. The first-order valence-corrected chi connectivity index (χ1v) is 27.3. The topological polar surface area (TPSA) is 205 Å². The maximum absolute atomic E-state index is 15.0. The van der Waals surface area contributed by atoms with Crippen LogP contribution < -0.4 is 27.1 Å². The summed E-state index contributed by atoms with van der Waals surface area (Å²) in [7, 11) is 0. The number of fused-ring (bicyclic) bond motifs is 2. The minimum atomic E-state index is -1.09. The molecule has 0 unspecified atom stereocenters. The van der Waals surface area contributed by atoms with Crippen molar-refractivity contribution in [2.24, 2.45) is 0 Å². The number of rotatable bonds is 21. The standard InChI is InChI=1S/C31H31F2N7O2S.C28H29F2N5O3/c1-4-39(5-2)17-8-15-34-30-36-26(20-9-6-10-21(19(20)3)29(42)38-31-35-16-18-43-31)22-13-14-25(41)40(28(22)37-30)27-23(32)11-7-12-24(27)33;1-4-34(5-2)16-8-15-31-28-32-24(18-9-6-10-19(17(18)3)27(37)38)20-13-14-23(36)35(26(20)33-28)25-21(29)11-7-12-22(25)30/h6-7,9-14,16,18H,4-5,8,15,17H2,1-3H3,(H,34,36,37)(H,35,38,42);6-7,9-14H,4-5,8,15-16H2,1-3H3,(H,37,38)(H,31,32,33). The van der Waals surface area contributed by atoms with Gasteiger partial charge in [0.25, 0.3) is 17.0 Å². The molecule has 0 fully saturated rings. The number of hydrogen-bond acceptors (Lipinski definition) is 14. The molecule has 0 saturated heterocycles. The van der Waals surface area contributed by atoms with Crippen molar-refractivity contribution in [3.8, 4) is 33.9 Å². The maximum atomic E-state index is 15.0. The first-order valence-electron chi connectivity index (χ1n) is 26.4. The molecule has 0 aliphatic heterocycles. The van der Waals surface area contributed by atoms with Crippen LogP contribution in [-0.2, 0) is 0 Å². The Kier molecular flexibility index (Phi) is 19.1. The third-order valence-corrected chi connectivity index (χ3v) is 14.5. The normalized spacial score (nSPS) is 11.3. The molecule has 0 saturated carbocycles. The lowest BCUT2D eigenvalue weighted by Gasteiger charge is -2.18. The lowest BCUT2D eigenvalue weighted by molar-refractivity contribution is 0.0695. The van der Waals surface area contributed by atoms with E-state index in [1.807, 2.05) is 0 Å². The maximum Gasteiger partial charge on any atom is 0.335 e. The second-order valence-electron chi connectivity index (χ2n) is 18.6. The SMILES string of the molecule is CCN(CC)CCCNc1nc(-c2cccc(C(=O)Nc3nccs3)c2C)c2ccc(=O)n(-c3c(F)cccc3F)c2n1.CCN(CC)CCCNc1nc(-c2cccc(C(=O)O)c2C)c2ccc(=O)n(-c3c(F)cccc3F)c2n1. The van der Waals surface area contributed by atoms with Gasteiger partial charge in [-0.2, -0.15) is 9.97 Å². The van der Waals surface area contributed by atoms with E-state index in [2.05, 4.69) is 73.4 Å². The number of anilines is 3. The van der Waals surface area contributed by atoms with Gasteiger partial charge in [-0.15, -0.1) is 11.3 Å². The largest absolute Gasteiger partial charge is 0.478 e. The summed E-state index contributed by atoms with van der Waals surface area (Å²) in [5.74, 6) is -4.73. The highest BCUT2D eigenvalue weighted by Crippen LogP contribution is 2.34. The number of benzene rings is 4. The first-order chi connectivity index (χ1) is 39.1. The smallest absolute Gasteiger partial charge is 0.335 e. The van der Waals surface area contributed by atoms with Gasteiger partial charge in [-0.1, -0.05) is 64.1 Å². The van der Waals surface area contributed by atoms with Crippen molar-refractivity contribution in [3.63, 3.8) is 0 Å². The number of nitrogens with one attached hydrogen (secondary N) is 3. The zero-order valence-corrected chi connectivity index (χ0v) is 46.3. The predicted molar refractivity (Wildman–Crippen MR) is 309 cm³/mol. The van der Waals surface area contributed by atoms with Crippen molar-refractivity contribution in [3.05, 3.63) is 175 Å². The molecule has 4 N–H and O–H groups in total. The summed E-state index contributed by atoms with van der Waals surface area (Å²) in [4.78, 5) is 78.3. The summed E-state index contributed by atoms with van der Waals surface area (Å²) in [6.45, 7) is 18.3. The van der Waals surface area contributed by atoms with Crippen LogP contribution in [0.2, 0.25) is 0 Å². The summed E-state index contributed by atoms with van der Waals surface area (Å²) in [6, 6.07) is 22.2. The quantitative estimate of drug-likeness (QED) is 0.0390. The number of carboxylic acids is 1. The summed E-state index contributed by atoms with van der Waals surface area (Å²) in [5.41, 5.74) is 1.07. The van der Waals surface area contributed by atoms with E-state index in [9.17, 15) is 33.1 Å². The molecule has 0 radical (unpaired) electrons. The fourth-order valence-electron chi connectivity index (χ4n) is 9.43. The Morgan fingerprint density at radius 3 is 1.41 bits per heavy atom. The highest BCUT2D eigenvalue weighted by atomic mass is 32.1. The molecule has 0 bridgehead atoms. The number of nitrogens with zero attached hydrogens (tertiary/aromatic N) is 9. The van der Waals surface area contributed by atoms with Gasteiger partial charge in [0.1, 0.15) is 34.6 Å². The van der Waals surface area contributed by atoms with Crippen LogP contribution in [0.5, 0.6) is 0 Å².